The maximum atomic E-state index is 13.1. The Labute approximate surface area is 180 Å². The molecule has 0 bridgehead atoms. The third kappa shape index (κ3) is 3.98. The Hall–Kier alpha value is -3.95. The molecule has 0 aliphatic carbocycles. The van der Waals surface area contributed by atoms with Crippen LogP contribution in [0.2, 0.25) is 0 Å². The summed E-state index contributed by atoms with van der Waals surface area (Å²) in [5.41, 5.74) is 1.56. The number of aromatic nitrogens is 3. The van der Waals surface area contributed by atoms with E-state index in [9.17, 15) is 23.1 Å². The van der Waals surface area contributed by atoms with Crippen molar-refractivity contribution in [2.24, 2.45) is 0 Å². The Morgan fingerprint density at radius 1 is 1.12 bits per heavy atom. The van der Waals surface area contributed by atoms with Crippen LogP contribution in [-0.2, 0) is 6.54 Å². The van der Waals surface area contributed by atoms with Gasteiger partial charge in [-0.15, -0.1) is 13.2 Å². The van der Waals surface area contributed by atoms with Gasteiger partial charge in [0.15, 0.2) is 0 Å². The van der Waals surface area contributed by atoms with Gasteiger partial charge in [0.05, 0.1) is 23.4 Å². The Morgan fingerprint density at radius 3 is 2.47 bits per heavy atom. The molecule has 32 heavy (non-hydrogen) atoms. The fraction of sp³-hybridized carbons (Fsp3) is 0.182. The summed E-state index contributed by atoms with van der Waals surface area (Å²) in [6.07, 6.45) is -4.82. The van der Waals surface area contributed by atoms with Crippen LogP contribution in [0.5, 0.6) is 11.6 Å². The number of para-hydroxylation sites is 1. The molecule has 4 rings (SSSR count). The van der Waals surface area contributed by atoms with Gasteiger partial charge in [0.2, 0.25) is 5.88 Å². The van der Waals surface area contributed by atoms with Crippen LogP contribution < -0.4 is 15.7 Å². The number of pyridine rings is 1. The Bertz CT molecular complexity index is 1340. The largest absolute Gasteiger partial charge is 0.573 e. The summed E-state index contributed by atoms with van der Waals surface area (Å²) in [6.45, 7) is 1.76. The topological polar surface area (TPSA) is 81.3 Å². The number of halogens is 3. The summed E-state index contributed by atoms with van der Waals surface area (Å²) in [5, 5.41) is 14.5. The predicted octanol–water partition coefficient (Wildman–Crippen LogP) is 4.19. The summed E-state index contributed by atoms with van der Waals surface area (Å²) in [6, 6.07) is 14.0. The van der Waals surface area contributed by atoms with Crippen molar-refractivity contribution in [3.63, 3.8) is 0 Å². The predicted molar refractivity (Wildman–Crippen MR) is 114 cm³/mol. The van der Waals surface area contributed by atoms with Crippen molar-refractivity contribution in [2.75, 3.05) is 12.4 Å². The van der Waals surface area contributed by atoms with Crippen molar-refractivity contribution in [3.8, 4) is 17.3 Å². The standard InChI is InChI=1S/C22H19F3N4O3/c1-13-20(30)29(15-7-9-16(10-8-15)32-22(23,24)25)21(31)28(13)12-14-11-19(26-2)27-18-6-4-3-5-17(14)18/h3-11,30H,12H2,1-2H3,(H,26,27). The number of imidazole rings is 1. The molecule has 2 N–H and O–H groups in total. The number of fused-ring (bicyclic) bond motifs is 1. The van der Waals surface area contributed by atoms with Crippen molar-refractivity contribution in [3.05, 3.63) is 76.3 Å². The zero-order chi connectivity index (χ0) is 23.0. The molecule has 0 amide bonds. The first-order valence-corrected chi connectivity index (χ1v) is 9.61. The molecule has 0 saturated carbocycles. The lowest BCUT2D eigenvalue weighted by atomic mass is 10.1. The second-order valence-corrected chi connectivity index (χ2v) is 7.09. The lowest BCUT2D eigenvalue weighted by Gasteiger charge is -2.11. The number of hydrogen-bond acceptors (Lipinski definition) is 5. The SMILES string of the molecule is CNc1cc(Cn2c(C)c(O)n(-c3ccc(OC(F)(F)F)cc3)c2=O)c2ccccc2n1. The van der Waals surface area contributed by atoms with Gasteiger partial charge in [-0.1, -0.05) is 18.2 Å². The number of anilines is 1. The molecule has 2 heterocycles. The van der Waals surface area contributed by atoms with Gasteiger partial charge in [0.25, 0.3) is 0 Å². The molecule has 0 unspecified atom stereocenters. The second-order valence-electron chi connectivity index (χ2n) is 7.09. The normalized spacial score (nSPS) is 11.7. The zero-order valence-electron chi connectivity index (χ0n) is 17.1. The molecule has 166 valence electrons. The number of alkyl halides is 3. The van der Waals surface area contributed by atoms with Gasteiger partial charge < -0.3 is 15.2 Å². The average molecular weight is 444 g/mol. The Morgan fingerprint density at radius 2 is 1.81 bits per heavy atom. The first-order valence-electron chi connectivity index (χ1n) is 9.61. The summed E-state index contributed by atoms with van der Waals surface area (Å²) in [5.74, 6) is -0.0900. The highest BCUT2D eigenvalue weighted by molar-refractivity contribution is 5.84. The van der Waals surface area contributed by atoms with Gasteiger partial charge in [0, 0.05) is 12.4 Å². The molecule has 2 aromatic carbocycles. The lowest BCUT2D eigenvalue weighted by molar-refractivity contribution is -0.274. The fourth-order valence-electron chi connectivity index (χ4n) is 3.53. The van der Waals surface area contributed by atoms with Crippen molar-refractivity contribution in [1.82, 2.24) is 14.1 Å². The van der Waals surface area contributed by atoms with Gasteiger partial charge in [-0.2, -0.15) is 0 Å². The maximum Gasteiger partial charge on any atom is 0.573 e. The van der Waals surface area contributed by atoms with E-state index in [0.717, 1.165) is 33.2 Å². The highest BCUT2D eigenvalue weighted by Crippen LogP contribution is 2.27. The minimum Gasteiger partial charge on any atom is -0.493 e. The molecule has 4 aromatic rings. The fourth-order valence-corrected chi connectivity index (χ4v) is 3.53. The minimum absolute atomic E-state index is 0.165. The maximum absolute atomic E-state index is 13.1. The quantitative estimate of drug-likeness (QED) is 0.483. The van der Waals surface area contributed by atoms with Gasteiger partial charge in [-0.25, -0.2) is 14.3 Å². The summed E-state index contributed by atoms with van der Waals surface area (Å²) in [7, 11) is 1.74. The summed E-state index contributed by atoms with van der Waals surface area (Å²) in [4.78, 5) is 17.6. The van der Waals surface area contributed by atoms with Crippen molar-refractivity contribution < 1.29 is 23.0 Å². The van der Waals surface area contributed by atoms with E-state index in [4.69, 9.17) is 0 Å². The van der Waals surface area contributed by atoms with Gasteiger partial charge in [-0.3, -0.25) is 4.57 Å². The third-order valence-corrected chi connectivity index (χ3v) is 5.08. The molecule has 0 aliphatic heterocycles. The molecule has 0 atom stereocenters. The number of nitrogens with one attached hydrogen (secondary N) is 1. The van der Waals surface area contributed by atoms with E-state index in [1.54, 1.807) is 14.0 Å². The van der Waals surface area contributed by atoms with Gasteiger partial charge in [-0.05, 0) is 48.9 Å². The highest BCUT2D eigenvalue weighted by atomic mass is 19.4. The van der Waals surface area contributed by atoms with E-state index < -0.39 is 17.8 Å². The first kappa shape index (κ1) is 21.3. The van der Waals surface area contributed by atoms with Crippen LogP contribution in [0.25, 0.3) is 16.6 Å². The van der Waals surface area contributed by atoms with Gasteiger partial charge in [0.1, 0.15) is 11.6 Å². The van der Waals surface area contributed by atoms with E-state index in [-0.39, 0.29) is 18.1 Å². The molecular formula is C22H19F3N4O3. The average Bonchev–Trinajstić information content (AvgIpc) is 2.96. The molecular weight excluding hydrogens is 425 g/mol. The molecule has 7 nitrogen and oxygen atoms in total. The van der Waals surface area contributed by atoms with E-state index in [1.165, 1.54) is 16.7 Å². The summed E-state index contributed by atoms with van der Waals surface area (Å²) < 4.78 is 43.5. The summed E-state index contributed by atoms with van der Waals surface area (Å²) >= 11 is 0. The van der Waals surface area contributed by atoms with E-state index >= 15 is 0 Å². The molecule has 0 fully saturated rings. The lowest BCUT2D eigenvalue weighted by Crippen LogP contribution is -2.24. The number of nitrogens with zero attached hydrogens (tertiary/aromatic N) is 3. The molecule has 2 aromatic heterocycles. The highest BCUT2D eigenvalue weighted by Gasteiger charge is 2.31. The number of ether oxygens (including phenoxy) is 1. The molecule has 0 saturated heterocycles. The van der Waals surface area contributed by atoms with Crippen LogP contribution in [0, 0.1) is 6.92 Å². The molecule has 0 radical (unpaired) electrons. The van der Waals surface area contributed by atoms with E-state index in [2.05, 4.69) is 15.0 Å². The van der Waals surface area contributed by atoms with Crippen LogP contribution in [0.4, 0.5) is 19.0 Å². The Kier molecular flexibility index (Phi) is 5.29. The molecule has 10 heteroatoms. The smallest absolute Gasteiger partial charge is 0.493 e. The number of rotatable bonds is 5. The minimum atomic E-state index is -4.82. The third-order valence-electron chi connectivity index (χ3n) is 5.08. The van der Waals surface area contributed by atoms with E-state index in [1.807, 2.05) is 30.3 Å². The van der Waals surface area contributed by atoms with Crippen LogP contribution in [0.15, 0.2) is 59.4 Å². The van der Waals surface area contributed by atoms with Crippen LogP contribution in [0.1, 0.15) is 11.3 Å². The van der Waals surface area contributed by atoms with Crippen LogP contribution >= 0.6 is 0 Å². The van der Waals surface area contributed by atoms with Crippen molar-refractivity contribution >= 4 is 16.7 Å². The van der Waals surface area contributed by atoms with Crippen LogP contribution in [-0.4, -0.2) is 32.6 Å². The Balaban J connectivity index is 1.75. The molecule has 0 aliphatic rings. The van der Waals surface area contributed by atoms with E-state index in [0.29, 0.717) is 11.5 Å². The number of hydrogen-bond donors (Lipinski definition) is 2. The monoisotopic (exact) mass is 444 g/mol. The van der Waals surface area contributed by atoms with Crippen LogP contribution in [0.3, 0.4) is 0 Å². The zero-order valence-corrected chi connectivity index (χ0v) is 17.1. The van der Waals surface area contributed by atoms with Crippen molar-refractivity contribution in [2.45, 2.75) is 19.8 Å². The second kappa shape index (κ2) is 7.95. The van der Waals surface area contributed by atoms with Crippen molar-refractivity contribution in [1.29, 1.82) is 0 Å². The number of aromatic hydroxyl groups is 1. The number of benzene rings is 2. The molecule has 0 spiro atoms. The first-order chi connectivity index (χ1) is 15.2. The van der Waals surface area contributed by atoms with Gasteiger partial charge >= 0.3 is 12.1 Å².